The minimum atomic E-state index is -0.712. The van der Waals surface area contributed by atoms with Gasteiger partial charge in [-0.3, -0.25) is 14.8 Å². The van der Waals surface area contributed by atoms with Gasteiger partial charge in [0.05, 0.1) is 12.2 Å². The Morgan fingerprint density at radius 2 is 2.03 bits per heavy atom. The van der Waals surface area contributed by atoms with Gasteiger partial charge in [-0.1, -0.05) is 29.8 Å². The van der Waals surface area contributed by atoms with Gasteiger partial charge in [0.2, 0.25) is 5.76 Å². The van der Waals surface area contributed by atoms with E-state index >= 15 is 0 Å². The zero-order chi connectivity index (χ0) is 20.9. The van der Waals surface area contributed by atoms with Gasteiger partial charge in [0.15, 0.2) is 11.7 Å². The van der Waals surface area contributed by atoms with E-state index in [-0.39, 0.29) is 5.76 Å². The molecule has 9 heteroatoms. The normalized spacial score (nSPS) is 10.7. The number of amides is 1. The molecule has 0 aliphatic heterocycles. The number of rotatable bonds is 7. The van der Waals surface area contributed by atoms with Crippen LogP contribution in [0.5, 0.6) is 0 Å². The molecule has 3 aromatic heterocycles. The summed E-state index contributed by atoms with van der Waals surface area (Å²) in [5.41, 5.74) is 2.90. The fourth-order valence-corrected chi connectivity index (χ4v) is 3.41. The van der Waals surface area contributed by atoms with Gasteiger partial charge in [-0.05, 0) is 25.1 Å². The first-order chi connectivity index (χ1) is 14.6. The highest BCUT2D eigenvalue weighted by Crippen LogP contribution is 2.25. The van der Waals surface area contributed by atoms with E-state index in [0.717, 1.165) is 16.8 Å². The Morgan fingerprint density at radius 3 is 2.80 bits per heavy atom. The first-order valence-corrected chi connectivity index (χ1v) is 10.0. The molecule has 0 aliphatic rings. The summed E-state index contributed by atoms with van der Waals surface area (Å²) < 4.78 is 12.1. The van der Waals surface area contributed by atoms with Gasteiger partial charge < -0.3 is 9.15 Å². The van der Waals surface area contributed by atoms with Crippen LogP contribution >= 0.6 is 11.3 Å². The van der Waals surface area contributed by atoms with Gasteiger partial charge in [0.1, 0.15) is 5.76 Å². The van der Waals surface area contributed by atoms with Crippen molar-refractivity contribution in [1.29, 1.82) is 0 Å². The predicted octanol–water partition coefficient (Wildman–Crippen LogP) is 3.75. The molecule has 30 heavy (non-hydrogen) atoms. The third kappa shape index (κ3) is 4.81. The highest BCUT2D eigenvalue weighted by Gasteiger charge is 2.16. The fraction of sp³-hybridized carbons (Fsp3) is 0.143. The molecular weight excluding hydrogens is 404 g/mol. The Labute approximate surface area is 176 Å². The molecule has 1 N–H and O–H groups in total. The summed E-state index contributed by atoms with van der Waals surface area (Å²) >= 11 is 1.30. The van der Waals surface area contributed by atoms with E-state index < -0.39 is 18.5 Å². The molecule has 0 radical (unpaired) electrons. The summed E-state index contributed by atoms with van der Waals surface area (Å²) in [4.78, 5) is 28.6. The average Bonchev–Trinajstić information content (AvgIpc) is 3.50. The van der Waals surface area contributed by atoms with Crippen molar-refractivity contribution in [3.05, 3.63) is 77.3 Å². The first kappa shape index (κ1) is 19.6. The maximum absolute atomic E-state index is 12.1. The Morgan fingerprint density at radius 1 is 1.20 bits per heavy atom. The van der Waals surface area contributed by atoms with Crippen LogP contribution in [-0.2, 0) is 16.1 Å². The third-order valence-electron chi connectivity index (χ3n) is 4.17. The molecule has 0 bridgehead atoms. The fourth-order valence-electron chi connectivity index (χ4n) is 2.67. The quantitative estimate of drug-likeness (QED) is 0.456. The molecule has 4 rings (SSSR count). The Kier molecular flexibility index (Phi) is 5.71. The summed E-state index contributed by atoms with van der Waals surface area (Å²) in [6.07, 6.45) is 3.44. The summed E-state index contributed by atoms with van der Waals surface area (Å²) in [5, 5.41) is 9.00. The van der Waals surface area contributed by atoms with Gasteiger partial charge in [-0.15, -0.1) is 11.3 Å². The summed E-state index contributed by atoms with van der Waals surface area (Å²) in [6.45, 7) is 1.97. The minimum Gasteiger partial charge on any atom is -0.452 e. The van der Waals surface area contributed by atoms with Crippen molar-refractivity contribution in [2.45, 2.75) is 13.5 Å². The van der Waals surface area contributed by atoms with Crippen LogP contribution < -0.4 is 5.32 Å². The number of thiazole rings is 1. The van der Waals surface area contributed by atoms with Crippen LogP contribution in [0.15, 0.2) is 64.7 Å². The molecule has 4 aromatic rings. The summed E-state index contributed by atoms with van der Waals surface area (Å²) in [5.74, 6) is -0.602. The molecule has 3 heterocycles. The van der Waals surface area contributed by atoms with E-state index in [1.54, 1.807) is 29.2 Å². The second-order valence-electron chi connectivity index (χ2n) is 6.50. The van der Waals surface area contributed by atoms with Crippen molar-refractivity contribution in [2.24, 2.45) is 0 Å². The van der Waals surface area contributed by atoms with Crippen LogP contribution in [-0.4, -0.2) is 33.2 Å². The van der Waals surface area contributed by atoms with E-state index in [2.05, 4.69) is 15.4 Å². The Hall–Kier alpha value is -3.72. The second-order valence-corrected chi connectivity index (χ2v) is 7.36. The smallest absolute Gasteiger partial charge is 0.374 e. The first-order valence-electron chi connectivity index (χ1n) is 9.12. The number of carbonyl (C=O) groups is 2. The molecule has 1 aromatic carbocycles. The number of hydrogen-bond acceptors (Lipinski definition) is 7. The number of aromatic nitrogens is 3. The zero-order valence-electron chi connectivity index (χ0n) is 16.1. The van der Waals surface area contributed by atoms with Gasteiger partial charge in [0, 0.05) is 23.3 Å². The number of anilines is 1. The molecule has 0 atom stereocenters. The van der Waals surface area contributed by atoms with Crippen molar-refractivity contribution in [3.63, 3.8) is 0 Å². The maximum atomic E-state index is 12.1. The van der Waals surface area contributed by atoms with Crippen molar-refractivity contribution in [2.75, 3.05) is 11.9 Å². The molecule has 152 valence electrons. The lowest BCUT2D eigenvalue weighted by molar-refractivity contribution is -0.119. The van der Waals surface area contributed by atoms with E-state index in [1.807, 2.05) is 36.6 Å². The molecule has 0 fully saturated rings. The number of nitrogens with one attached hydrogen (secondary N) is 1. The molecule has 8 nitrogen and oxygen atoms in total. The van der Waals surface area contributed by atoms with E-state index in [1.165, 1.54) is 17.4 Å². The number of carbonyl (C=O) groups excluding carboxylic acids is 2. The lowest BCUT2D eigenvalue weighted by Gasteiger charge is -2.03. The summed E-state index contributed by atoms with van der Waals surface area (Å²) in [6, 6.07) is 12.9. The monoisotopic (exact) mass is 422 g/mol. The molecule has 1 amide bonds. The van der Waals surface area contributed by atoms with Gasteiger partial charge in [-0.2, -0.15) is 5.10 Å². The van der Waals surface area contributed by atoms with E-state index in [9.17, 15) is 9.59 Å². The van der Waals surface area contributed by atoms with Crippen LogP contribution in [0.4, 0.5) is 5.13 Å². The van der Waals surface area contributed by atoms with Crippen LogP contribution in [0.3, 0.4) is 0 Å². The second kappa shape index (κ2) is 8.75. The molecular formula is C21H18N4O4S. The van der Waals surface area contributed by atoms with Crippen LogP contribution in [0.2, 0.25) is 0 Å². The van der Waals surface area contributed by atoms with Crippen molar-refractivity contribution < 1.29 is 18.7 Å². The number of aryl methyl sites for hydroxylation is 1. The number of hydrogen-bond donors (Lipinski definition) is 1. The SMILES string of the molecule is Cc1ccc(-c2csc(NC(=O)COC(=O)c3ccc(Cn4cccn4)o3)n2)cc1. The number of ether oxygens (including phenoxy) is 1. The highest BCUT2D eigenvalue weighted by molar-refractivity contribution is 7.14. The zero-order valence-corrected chi connectivity index (χ0v) is 16.9. The number of esters is 1. The predicted molar refractivity (Wildman–Crippen MR) is 111 cm³/mol. The largest absolute Gasteiger partial charge is 0.452 e. The lowest BCUT2D eigenvalue weighted by atomic mass is 10.1. The van der Waals surface area contributed by atoms with Crippen molar-refractivity contribution >= 4 is 28.3 Å². The van der Waals surface area contributed by atoms with Gasteiger partial charge in [0.25, 0.3) is 5.91 Å². The number of nitrogens with zero attached hydrogens (tertiary/aromatic N) is 3. The molecule has 0 unspecified atom stereocenters. The maximum Gasteiger partial charge on any atom is 0.374 e. The van der Waals surface area contributed by atoms with Crippen LogP contribution in [0.1, 0.15) is 21.9 Å². The van der Waals surface area contributed by atoms with E-state index in [0.29, 0.717) is 17.4 Å². The van der Waals surface area contributed by atoms with Crippen LogP contribution in [0, 0.1) is 6.92 Å². The number of benzene rings is 1. The Balaban J connectivity index is 1.28. The molecule has 0 saturated heterocycles. The molecule has 0 spiro atoms. The number of furan rings is 1. The van der Waals surface area contributed by atoms with Crippen LogP contribution in [0.25, 0.3) is 11.3 Å². The highest BCUT2D eigenvalue weighted by atomic mass is 32.1. The van der Waals surface area contributed by atoms with Crippen molar-refractivity contribution in [1.82, 2.24) is 14.8 Å². The van der Waals surface area contributed by atoms with Gasteiger partial charge in [-0.25, -0.2) is 9.78 Å². The molecule has 0 aliphatic carbocycles. The minimum absolute atomic E-state index is 0.0286. The molecule has 0 saturated carbocycles. The van der Waals surface area contributed by atoms with Crippen molar-refractivity contribution in [3.8, 4) is 11.3 Å². The van der Waals surface area contributed by atoms with Gasteiger partial charge >= 0.3 is 5.97 Å². The Bertz CT molecular complexity index is 1150. The topological polar surface area (TPSA) is 99.2 Å². The third-order valence-corrected chi connectivity index (χ3v) is 4.93. The lowest BCUT2D eigenvalue weighted by Crippen LogP contribution is -2.20. The average molecular weight is 422 g/mol. The standard InChI is InChI=1S/C21H18N4O4S/c1-14-3-5-15(6-4-14)17-13-30-21(23-17)24-19(26)12-28-20(27)18-8-7-16(29-18)11-25-10-2-9-22-25/h2-10,13H,11-12H2,1H3,(H,23,24,26). The summed E-state index contributed by atoms with van der Waals surface area (Å²) in [7, 11) is 0. The van der Waals surface area contributed by atoms with E-state index in [4.69, 9.17) is 9.15 Å².